The van der Waals surface area contributed by atoms with Crippen LogP contribution in [0.5, 0.6) is 0 Å². The second-order valence-corrected chi connectivity index (χ2v) is 6.06. The van der Waals surface area contributed by atoms with Crippen LogP contribution in [0.2, 0.25) is 5.02 Å². The average molecular weight is 390 g/mol. The van der Waals surface area contributed by atoms with Gasteiger partial charge in [0.1, 0.15) is 12.0 Å². The first-order chi connectivity index (χ1) is 13.0. The molecule has 2 aromatic carbocycles. The van der Waals surface area contributed by atoms with Gasteiger partial charge in [-0.25, -0.2) is 4.79 Å². The van der Waals surface area contributed by atoms with E-state index in [2.05, 4.69) is 5.32 Å². The number of methoxy groups -OCH3 is 1. The predicted molar refractivity (Wildman–Crippen MR) is 101 cm³/mol. The zero-order valence-electron chi connectivity index (χ0n) is 15.0. The first-order valence-electron chi connectivity index (χ1n) is 8.33. The van der Waals surface area contributed by atoms with Crippen molar-refractivity contribution in [1.29, 1.82) is 0 Å². The summed E-state index contributed by atoms with van der Waals surface area (Å²) in [5, 5.41) is 3.07. The first-order valence-corrected chi connectivity index (χ1v) is 8.71. The Hall–Kier alpha value is -2.86. The lowest BCUT2D eigenvalue weighted by Gasteiger charge is -2.25. The Morgan fingerprint density at radius 1 is 1.00 bits per heavy atom. The summed E-state index contributed by atoms with van der Waals surface area (Å²) >= 11 is 5.91. The molecule has 1 N–H and O–H groups in total. The van der Waals surface area contributed by atoms with Gasteiger partial charge in [-0.3, -0.25) is 9.59 Å². The Labute approximate surface area is 162 Å². The zero-order valence-corrected chi connectivity index (χ0v) is 15.7. The molecule has 6 nitrogen and oxygen atoms in total. The van der Waals surface area contributed by atoms with E-state index in [0.29, 0.717) is 16.1 Å². The molecule has 0 heterocycles. The molecule has 0 aliphatic carbocycles. The SMILES string of the molecule is CCOC(=O)[C@H](NC(=O)c1ccccc1)[C@H](C(=O)OC)c1ccc(Cl)cc1. The minimum absolute atomic E-state index is 0.102. The van der Waals surface area contributed by atoms with Gasteiger partial charge in [-0.05, 0) is 36.8 Å². The Morgan fingerprint density at radius 3 is 2.19 bits per heavy atom. The van der Waals surface area contributed by atoms with Gasteiger partial charge in [0.15, 0.2) is 0 Å². The van der Waals surface area contributed by atoms with E-state index in [1.54, 1.807) is 61.5 Å². The summed E-state index contributed by atoms with van der Waals surface area (Å²) in [7, 11) is 1.21. The molecule has 0 fully saturated rings. The molecule has 2 atom stereocenters. The molecule has 0 aromatic heterocycles. The van der Waals surface area contributed by atoms with Crippen LogP contribution in [0.15, 0.2) is 54.6 Å². The molecular formula is C20H20ClNO5. The number of amides is 1. The molecule has 0 spiro atoms. The number of hydrogen-bond donors (Lipinski definition) is 1. The normalized spacial score (nSPS) is 12.6. The fourth-order valence-electron chi connectivity index (χ4n) is 2.59. The van der Waals surface area contributed by atoms with E-state index in [0.717, 1.165) is 0 Å². The van der Waals surface area contributed by atoms with E-state index >= 15 is 0 Å². The summed E-state index contributed by atoms with van der Waals surface area (Å²) in [6.45, 7) is 1.74. The van der Waals surface area contributed by atoms with Gasteiger partial charge in [0.05, 0.1) is 13.7 Å². The van der Waals surface area contributed by atoms with Gasteiger partial charge in [-0.15, -0.1) is 0 Å². The third-order valence-electron chi connectivity index (χ3n) is 3.88. The molecule has 2 rings (SSSR count). The second kappa shape index (κ2) is 9.73. The molecule has 27 heavy (non-hydrogen) atoms. The van der Waals surface area contributed by atoms with Gasteiger partial charge in [0.25, 0.3) is 5.91 Å². The highest BCUT2D eigenvalue weighted by molar-refractivity contribution is 6.30. The molecule has 2 aromatic rings. The molecular weight excluding hydrogens is 370 g/mol. The maximum atomic E-state index is 12.6. The van der Waals surface area contributed by atoms with Crippen molar-refractivity contribution in [3.8, 4) is 0 Å². The van der Waals surface area contributed by atoms with E-state index < -0.39 is 29.8 Å². The van der Waals surface area contributed by atoms with Crippen molar-refractivity contribution < 1.29 is 23.9 Å². The summed E-state index contributed by atoms with van der Waals surface area (Å²) in [4.78, 5) is 37.6. The van der Waals surface area contributed by atoms with Crippen LogP contribution in [-0.2, 0) is 19.1 Å². The van der Waals surface area contributed by atoms with Gasteiger partial charge in [-0.2, -0.15) is 0 Å². The summed E-state index contributed by atoms with van der Waals surface area (Å²) in [5.74, 6) is -2.99. The van der Waals surface area contributed by atoms with Crippen molar-refractivity contribution in [3.05, 3.63) is 70.7 Å². The van der Waals surface area contributed by atoms with Crippen molar-refractivity contribution >= 4 is 29.4 Å². The quantitative estimate of drug-likeness (QED) is 0.736. The van der Waals surface area contributed by atoms with Crippen molar-refractivity contribution in [2.45, 2.75) is 18.9 Å². The van der Waals surface area contributed by atoms with E-state index in [1.807, 2.05) is 0 Å². The molecule has 0 aliphatic rings. The van der Waals surface area contributed by atoms with E-state index in [9.17, 15) is 14.4 Å². The predicted octanol–water partition coefficient (Wildman–Crippen LogP) is 2.96. The second-order valence-electron chi connectivity index (χ2n) is 5.62. The van der Waals surface area contributed by atoms with Crippen LogP contribution in [0, 0.1) is 0 Å². The minimum atomic E-state index is -1.26. The summed E-state index contributed by atoms with van der Waals surface area (Å²) in [5.41, 5.74) is 0.823. The topological polar surface area (TPSA) is 81.7 Å². The largest absolute Gasteiger partial charge is 0.468 e. The lowest BCUT2D eigenvalue weighted by atomic mass is 9.91. The van der Waals surface area contributed by atoms with Gasteiger partial charge >= 0.3 is 11.9 Å². The molecule has 0 aliphatic heterocycles. The van der Waals surface area contributed by atoms with Crippen LogP contribution < -0.4 is 5.32 Å². The van der Waals surface area contributed by atoms with E-state index in [1.165, 1.54) is 7.11 Å². The highest BCUT2D eigenvalue weighted by Gasteiger charge is 2.38. The summed E-state index contributed by atoms with van der Waals surface area (Å²) in [6, 6.07) is 13.5. The first kappa shape index (κ1) is 20.5. The Kier molecular flexibility index (Phi) is 7.37. The van der Waals surface area contributed by atoms with Gasteiger partial charge < -0.3 is 14.8 Å². The number of benzene rings is 2. The fraction of sp³-hybridized carbons (Fsp3) is 0.250. The van der Waals surface area contributed by atoms with Crippen molar-refractivity contribution in [2.75, 3.05) is 13.7 Å². The lowest BCUT2D eigenvalue weighted by molar-refractivity contribution is -0.152. The van der Waals surface area contributed by atoms with Gasteiger partial charge in [-0.1, -0.05) is 41.9 Å². The van der Waals surface area contributed by atoms with Crippen molar-refractivity contribution in [3.63, 3.8) is 0 Å². The standard InChI is InChI=1S/C20H20ClNO5/c1-3-27-20(25)17(22-18(23)14-7-5-4-6-8-14)16(19(24)26-2)13-9-11-15(21)12-10-13/h4-12,16-17H,3H2,1-2H3,(H,22,23)/t16-,17-/m1/s1. The minimum Gasteiger partial charge on any atom is -0.468 e. The van der Waals surface area contributed by atoms with E-state index in [4.69, 9.17) is 21.1 Å². The molecule has 0 unspecified atom stereocenters. The fourth-order valence-corrected chi connectivity index (χ4v) is 2.71. The van der Waals surface area contributed by atoms with Gasteiger partial charge in [0.2, 0.25) is 0 Å². The maximum Gasteiger partial charge on any atom is 0.329 e. The highest BCUT2D eigenvalue weighted by Crippen LogP contribution is 2.25. The molecule has 0 saturated carbocycles. The van der Waals surface area contributed by atoms with Crippen LogP contribution in [0.3, 0.4) is 0 Å². The third kappa shape index (κ3) is 5.31. The summed E-state index contributed by atoms with van der Waals surface area (Å²) < 4.78 is 9.94. The Bertz CT molecular complexity index is 792. The van der Waals surface area contributed by atoms with E-state index in [-0.39, 0.29) is 6.61 Å². The lowest BCUT2D eigenvalue weighted by Crippen LogP contribution is -2.48. The van der Waals surface area contributed by atoms with Crippen LogP contribution >= 0.6 is 11.6 Å². The number of esters is 2. The summed E-state index contributed by atoms with van der Waals surface area (Å²) in [6.07, 6.45) is 0. The highest BCUT2D eigenvalue weighted by atomic mass is 35.5. The maximum absolute atomic E-state index is 12.6. The van der Waals surface area contributed by atoms with Gasteiger partial charge in [0, 0.05) is 10.6 Å². The average Bonchev–Trinajstić information content (AvgIpc) is 2.69. The van der Waals surface area contributed by atoms with Crippen LogP contribution in [0.25, 0.3) is 0 Å². The number of hydrogen-bond acceptors (Lipinski definition) is 5. The molecule has 142 valence electrons. The number of nitrogens with one attached hydrogen (secondary N) is 1. The number of carbonyl (C=O) groups excluding carboxylic acids is 3. The number of ether oxygens (including phenoxy) is 2. The van der Waals surface area contributed by atoms with Crippen LogP contribution in [-0.4, -0.2) is 37.6 Å². The Morgan fingerprint density at radius 2 is 1.63 bits per heavy atom. The molecule has 0 radical (unpaired) electrons. The molecule has 7 heteroatoms. The number of halogens is 1. The number of carbonyl (C=O) groups is 3. The smallest absolute Gasteiger partial charge is 0.329 e. The number of rotatable bonds is 7. The monoisotopic (exact) mass is 389 g/mol. The third-order valence-corrected chi connectivity index (χ3v) is 4.13. The molecule has 1 amide bonds. The molecule has 0 saturated heterocycles. The van der Waals surface area contributed by atoms with Crippen LogP contribution in [0.1, 0.15) is 28.8 Å². The molecule has 0 bridgehead atoms. The van der Waals surface area contributed by atoms with Crippen molar-refractivity contribution in [1.82, 2.24) is 5.32 Å². The zero-order chi connectivity index (χ0) is 19.8. The van der Waals surface area contributed by atoms with Crippen LogP contribution in [0.4, 0.5) is 0 Å². The Balaban J connectivity index is 2.41. The van der Waals surface area contributed by atoms with Crippen molar-refractivity contribution in [2.24, 2.45) is 0 Å².